The lowest BCUT2D eigenvalue weighted by atomic mass is 10.3. The van der Waals surface area contributed by atoms with Crippen LogP contribution in [0, 0.1) is 0 Å². The number of carbonyl (C=O) groups is 2. The van der Waals surface area contributed by atoms with E-state index in [0.29, 0.717) is 6.61 Å². The van der Waals surface area contributed by atoms with E-state index in [1.807, 2.05) is 6.92 Å². The van der Waals surface area contributed by atoms with E-state index in [2.05, 4.69) is 4.74 Å². The zero-order valence-corrected chi connectivity index (χ0v) is 8.19. The van der Waals surface area contributed by atoms with Crippen molar-refractivity contribution in [3.63, 3.8) is 0 Å². The Morgan fingerprint density at radius 1 is 1.36 bits per heavy atom. The molecule has 4 N–H and O–H groups in total. The van der Waals surface area contributed by atoms with E-state index in [0.717, 1.165) is 6.42 Å². The maximum Gasteiger partial charge on any atom is 0.326 e. The molecule has 0 aromatic heterocycles. The van der Waals surface area contributed by atoms with Gasteiger partial charge in [0.1, 0.15) is 12.6 Å². The van der Waals surface area contributed by atoms with Gasteiger partial charge in [-0.1, -0.05) is 6.92 Å². The van der Waals surface area contributed by atoms with Crippen LogP contribution in [0.2, 0.25) is 0 Å². The molecule has 6 heteroatoms. The van der Waals surface area contributed by atoms with Crippen molar-refractivity contribution in [3.05, 3.63) is 0 Å². The molecule has 0 saturated carbocycles. The van der Waals surface area contributed by atoms with E-state index in [1.54, 1.807) is 0 Å². The molecule has 0 aliphatic rings. The second-order valence-corrected chi connectivity index (χ2v) is 2.66. The summed E-state index contributed by atoms with van der Waals surface area (Å²) in [6.07, 6.45) is 0.723. The molecule has 6 nitrogen and oxygen atoms in total. The molecule has 1 unspecified atom stereocenters. The molecule has 0 aliphatic carbocycles. The van der Waals surface area contributed by atoms with Gasteiger partial charge in [0.25, 0.3) is 0 Å². The molecule has 14 heavy (non-hydrogen) atoms. The van der Waals surface area contributed by atoms with Gasteiger partial charge in [0.05, 0.1) is 13.2 Å². The Kier molecular flexibility index (Phi) is 6.69. The Labute approximate surface area is 82.5 Å². The molecule has 0 heterocycles. The summed E-state index contributed by atoms with van der Waals surface area (Å²) in [5.41, 5.74) is 10.4. The normalized spacial score (nSPS) is 11.9. The van der Waals surface area contributed by atoms with Gasteiger partial charge in [-0.05, 0) is 6.42 Å². The van der Waals surface area contributed by atoms with Crippen molar-refractivity contribution in [1.82, 2.24) is 0 Å². The lowest BCUT2D eigenvalue weighted by molar-refractivity contribution is -0.150. The van der Waals surface area contributed by atoms with Gasteiger partial charge in [-0.3, -0.25) is 9.59 Å². The third kappa shape index (κ3) is 5.50. The zero-order chi connectivity index (χ0) is 11.0. The van der Waals surface area contributed by atoms with Crippen LogP contribution in [0.25, 0.3) is 0 Å². The van der Waals surface area contributed by atoms with Crippen LogP contribution < -0.4 is 11.5 Å². The maximum absolute atomic E-state index is 11.0. The molecule has 0 aromatic rings. The second kappa shape index (κ2) is 7.28. The lowest BCUT2D eigenvalue weighted by Gasteiger charge is -2.10. The van der Waals surface area contributed by atoms with Crippen molar-refractivity contribution in [3.8, 4) is 0 Å². The topological polar surface area (TPSA) is 105 Å². The fourth-order valence-electron chi connectivity index (χ4n) is 0.619. The summed E-state index contributed by atoms with van der Waals surface area (Å²) >= 11 is 0. The zero-order valence-electron chi connectivity index (χ0n) is 8.19. The van der Waals surface area contributed by atoms with E-state index >= 15 is 0 Å². The first-order valence-electron chi connectivity index (χ1n) is 4.39. The Morgan fingerprint density at radius 3 is 2.50 bits per heavy atom. The minimum atomic E-state index is -0.933. The molecule has 0 saturated heterocycles. The van der Waals surface area contributed by atoms with Gasteiger partial charge in [-0.15, -0.1) is 0 Å². The van der Waals surface area contributed by atoms with Gasteiger partial charge in [-0.25, -0.2) is 0 Å². The van der Waals surface area contributed by atoms with Crippen LogP contribution in [0.3, 0.4) is 0 Å². The first-order valence-corrected chi connectivity index (χ1v) is 4.39. The van der Waals surface area contributed by atoms with Gasteiger partial charge in [0.2, 0.25) is 0 Å². The van der Waals surface area contributed by atoms with Crippen LogP contribution in [0.5, 0.6) is 0 Å². The van der Waals surface area contributed by atoms with Gasteiger partial charge in [0, 0.05) is 0 Å². The Balaban J connectivity index is 3.66. The quantitative estimate of drug-likeness (QED) is 0.525. The highest BCUT2D eigenvalue weighted by atomic mass is 16.6. The lowest BCUT2D eigenvalue weighted by Crippen LogP contribution is -2.38. The summed E-state index contributed by atoms with van der Waals surface area (Å²) in [5, 5.41) is 0. The van der Waals surface area contributed by atoms with E-state index in [-0.39, 0.29) is 13.2 Å². The molecule has 0 amide bonds. The largest absolute Gasteiger partial charge is 0.464 e. The van der Waals surface area contributed by atoms with Crippen molar-refractivity contribution in [2.24, 2.45) is 11.5 Å². The monoisotopic (exact) mass is 204 g/mol. The summed E-state index contributed by atoms with van der Waals surface area (Å²) in [5.74, 6) is -1.17. The summed E-state index contributed by atoms with van der Waals surface area (Å²) in [7, 11) is 0. The number of ether oxygens (including phenoxy) is 2. The van der Waals surface area contributed by atoms with Crippen molar-refractivity contribution in [2.75, 3.05) is 19.8 Å². The Morgan fingerprint density at radius 2 is 2.00 bits per heavy atom. The minimum Gasteiger partial charge on any atom is -0.464 e. The number of nitrogens with two attached hydrogens (primary N) is 2. The van der Waals surface area contributed by atoms with Crippen LogP contribution in [0.15, 0.2) is 0 Å². The highest BCUT2D eigenvalue weighted by molar-refractivity contribution is 5.76. The molecular formula is C8H16N2O4. The number of carbonyl (C=O) groups excluding carboxylic acids is 2. The molecule has 0 fully saturated rings. The first-order chi connectivity index (χ1) is 6.61. The molecule has 1 atom stereocenters. The fourth-order valence-corrected chi connectivity index (χ4v) is 0.619. The third-order valence-electron chi connectivity index (χ3n) is 1.34. The number of rotatable bonds is 6. The van der Waals surface area contributed by atoms with E-state index in [4.69, 9.17) is 16.2 Å². The number of esters is 2. The molecule has 0 rings (SSSR count). The average Bonchev–Trinajstić information content (AvgIpc) is 2.21. The summed E-state index contributed by atoms with van der Waals surface area (Å²) < 4.78 is 9.30. The van der Waals surface area contributed by atoms with Gasteiger partial charge in [-0.2, -0.15) is 0 Å². The van der Waals surface area contributed by atoms with Crippen LogP contribution in [0.1, 0.15) is 13.3 Å². The number of hydrogen-bond donors (Lipinski definition) is 2. The van der Waals surface area contributed by atoms with Crippen LogP contribution in [-0.2, 0) is 19.1 Å². The maximum atomic E-state index is 11.0. The average molecular weight is 204 g/mol. The second-order valence-electron chi connectivity index (χ2n) is 2.66. The van der Waals surface area contributed by atoms with Crippen molar-refractivity contribution < 1.29 is 19.1 Å². The number of hydrogen-bond acceptors (Lipinski definition) is 6. The predicted molar refractivity (Wildman–Crippen MR) is 49.2 cm³/mol. The summed E-state index contributed by atoms with van der Waals surface area (Å²) in [6.45, 7) is 1.76. The van der Waals surface area contributed by atoms with Gasteiger partial charge in [0.15, 0.2) is 0 Å². The minimum absolute atomic E-state index is 0.196. The predicted octanol–water partition coefficient (Wildman–Crippen LogP) is -1.23. The Bertz CT molecular complexity index is 196. The fraction of sp³-hybridized carbons (Fsp3) is 0.750. The van der Waals surface area contributed by atoms with Crippen LogP contribution in [-0.4, -0.2) is 37.7 Å². The smallest absolute Gasteiger partial charge is 0.326 e. The highest BCUT2D eigenvalue weighted by Crippen LogP contribution is 1.89. The SMILES string of the molecule is CCCOC(=O)C(N)COC(=O)CN. The molecule has 0 radical (unpaired) electrons. The Hall–Kier alpha value is -1.14. The van der Waals surface area contributed by atoms with Crippen LogP contribution >= 0.6 is 0 Å². The third-order valence-corrected chi connectivity index (χ3v) is 1.34. The molecule has 0 aromatic carbocycles. The molecule has 0 aliphatic heterocycles. The van der Waals surface area contributed by atoms with Crippen LogP contribution in [0.4, 0.5) is 0 Å². The first kappa shape index (κ1) is 12.9. The highest BCUT2D eigenvalue weighted by Gasteiger charge is 2.16. The van der Waals surface area contributed by atoms with Gasteiger partial charge >= 0.3 is 11.9 Å². The van der Waals surface area contributed by atoms with Gasteiger partial charge < -0.3 is 20.9 Å². The standard InChI is InChI=1S/C8H16N2O4/c1-2-3-13-8(12)6(10)5-14-7(11)4-9/h6H,2-5,9-10H2,1H3. The summed E-state index contributed by atoms with van der Waals surface area (Å²) in [6, 6.07) is -0.933. The van der Waals surface area contributed by atoms with Crippen molar-refractivity contribution in [2.45, 2.75) is 19.4 Å². The van der Waals surface area contributed by atoms with E-state index in [1.165, 1.54) is 0 Å². The molecule has 82 valence electrons. The van der Waals surface area contributed by atoms with E-state index < -0.39 is 18.0 Å². The molecule has 0 spiro atoms. The van der Waals surface area contributed by atoms with Crippen molar-refractivity contribution in [1.29, 1.82) is 0 Å². The summed E-state index contributed by atoms with van der Waals surface area (Å²) in [4.78, 5) is 21.6. The molecular weight excluding hydrogens is 188 g/mol. The van der Waals surface area contributed by atoms with Crippen molar-refractivity contribution >= 4 is 11.9 Å². The van der Waals surface area contributed by atoms with E-state index in [9.17, 15) is 9.59 Å². The molecule has 0 bridgehead atoms.